The first kappa shape index (κ1) is 26.8. The maximum Gasteiger partial charge on any atom is 0.0863 e. The number of nitrogens with zero attached hydrogens (tertiary/aromatic N) is 3. The minimum atomic E-state index is 0.694. The van der Waals surface area contributed by atoms with E-state index in [2.05, 4.69) is 143 Å². The van der Waals surface area contributed by atoms with Gasteiger partial charge in [0.05, 0.1) is 45.7 Å². The van der Waals surface area contributed by atoms with Gasteiger partial charge in [0.15, 0.2) is 0 Å². The molecule has 0 atom stereocenters. The molecular formula is C44H30N4. The molecule has 0 radical (unpaired) electrons. The molecule has 0 spiro atoms. The summed E-state index contributed by atoms with van der Waals surface area (Å²) >= 11 is 0. The van der Waals surface area contributed by atoms with E-state index in [0.717, 1.165) is 17.1 Å². The molecule has 0 unspecified atom stereocenters. The van der Waals surface area contributed by atoms with Gasteiger partial charge in [-0.15, -0.1) is 0 Å². The molecule has 2 N–H and O–H groups in total. The van der Waals surface area contributed by atoms with Crippen LogP contribution in [0.5, 0.6) is 0 Å². The summed E-state index contributed by atoms with van der Waals surface area (Å²) in [6.07, 6.45) is 0. The van der Waals surface area contributed by atoms with Gasteiger partial charge in [0.1, 0.15) is 0 Å². The second-order valence-electron chi connectivity index (χ2n) is 12.6. The summed E-state index contributed by atoms with van der Waals surface area (Å²) in [5, 5.41) is 4.98. The van der Waals surface area contributed by atoms with Gasteiger partial charge in [0, 0.05) is 32.8 Å². The van der Waals surface area contributed by atoms with E-state index in [1.165, 1.54) is 71.4 Å². The Bertz CT molecular complexity index is 2690. The zero-order valence-electron chi connectivity index (χ0n) is 26.1. The van der Waals surface area contributed by atoms with E-state index < -0.39 is 0 Å². The van der Waals surface area contributed by atoms with Crippen LogP contribution in [-0.4, -0.2) is 14.8 Å². The lowest BCUT2D eigenvalue weighted by molar-refractivity contribution is 0.963. The zero-order valence-corrected chi connectivity index (χ0v) is 26.1. The molecule has 3 heterocycles. The molecule has 4 nitrogen and oxygen atoms in total. The fourth-order valence-electron chi connectivity index (χ4n) is 7.69. The molecule has 0 saturated carbocycles. The van der Waals surface area contributed by atoms with Crippen molar-refractivity contribution in [3.05, 3.63) is 163 Å². The Morgan fingerprint density at radius 3 is 1.85 bits per heavy atom. The fourth-order valence-corrected chi connectivity index (χ4v) is 7.69. The molecule has 4 heteroatoms. The third kappa shape index (κ3) is 3.99. The number of para-hydroxylation sites is 4. The Hall–Kier alpha value is -6.39. The fraction of sp³-hybridized carbons (Fsp3) is 0.0227. The molecule has 1 aliphatic rings. The van der Waals surface area contributed by atoms with Crippen LogP contribution in [-0.2, 0) is 6.54 Å². The Labute approximate surface area is 277 Å². The van der Waals surface area contributed by atoms with Crippen molar-refractivity contribution in [3.63, 3.8) is 0 Å². The van der Waals surface area contributed by atoms with Gasteiger partial charge in [-0.25, -0.2) is 4.99 Å². The maximum absolute atomic E-state index is 6.30. The van der Waals surface area contributed by atoms with Gasteiger partial charge in [-0.3, -0.25) is 0 Å². The average molecular weight is 615 g/mol. The van der Waals surface area contributed by atoms with E-state index in [-0.39, 0.29) is 0 Å². The van der Waals surface area contributed by atoms with Crippen molar-refractivity contribution in [2.45, 2.75) is 6.54 Å². The number of aromatic nitrogens is 2. The standard InChI is InChI=1S/C44H30N4/c45-38-19-8-9-20-39(38)46-40-27-47-42-25-36-33-16-7-10-21-41(33)48(43(36)26-37(42)34-17-11-18-35(40)44(34)47)32-23-30(28-12-3-1-4-13-28)22-31(24-32)29-14-5-2-6-15-29/h1-26H,27,45H2. The second kappa shape index (κ2) is 10.3. The number of nitrogens with two attached hydrogens (primary N) is 1. The number of aliphatic imine (C=N–C) groups is 1. The van der Waals surface area contributed by atoms with Crippen LogP contribution in [0.2, 0.25) is 0 Å². The molecule has 226 valence electrons. The van der Waals surface area contributed by atoms with Gasteiger partial charge in [-0.2, -0.15) is 0 Å². The Morgan fingerprint density at radius 1 is 0.479 bits per heavy atom. The van der Waals surface area contributed by atoms with E-state index in [1.54, 1.807) is 0 Å². The van der Waals surface area contributed by atoms with Crippen LogP contribution in [0, 0.1) is 0 Å². The highest BCUT2D eigenvalue weighted by Crippen LogP contribution is 2.42. The first-order valence-corrected chi connectivity index (χ1v) is 16.4. The normalized spacial score (nSPS) is 13.5. The zero-order chi connectivity index (χ0) is 31.8. The number of rotatable bonds is 4. The van der Waals surface area contributed by atoms with Crippen molar-refractivity contribution in [1.82, 2.24) is 9.13 Å². The summed E-state index contributed by atoms with van der Waals surface area (Å²) in [6, 6.07) is 56.4. The van der Waals surface area contributed by atoms with Crippen LogP contribution in [0.1, 0.15) is 5.56 Å². The predicted molar refractivity (Wildman–Crippen MR) is 202 cm³/mol. The third-order valence-electron chi connectivity index (χ3n) is 9.88. The second-order valence-corrected chi connectivity index (χ2v) is 12.6. The number of benzene rings is 7. The molecule has 1 aliphatic heterocycles. The highest BCUT2D eigenvalue weighted by Gasteiger charge is 2.26. The van der Waals surface area contributed by atoms with Crippen LogP contribution in [0.3, 0.4) is 0 Å². The average Bonchev–Trinajstić information content (AvgIpc) is 3.78. The summed E-state index contributed by atoms with van der Waals surface area (Å²) in [5.41, 5.74) is 20.8. The SMILES string of the molecule is Nc1ccccc1N=C1Cn2c3cc4c5ccccc5n(-c5cc(-c6ccccc6)cc(-c6ccccc6)c5)c4cc3c3cccc1c32. The number of fused-ring (bicyclic) bond motifs is 6. The van der Waals surface area contributed by atoms with Crippen molar-refractivity contribution in [2.75, 3.05) is 5.73 Å². The van der Waals surface area contributed by atoms with Crippen LogP contribution in [0.25, 0.3) is 71.6 Å². The van der Waals surface area contributed by atoms with Crippen LogP contribution in [0.4, 0.5) is 11.4 Å². The Morgan fingerprint density at radius 2 is 1.10 bits per heavy atom. The summed E-state index contributed by atoms with van der Waals surface area (Å²) in [5.74, 6) is 0. The van der Waals surface area contributed by atoms with Gasteiger partial charge in [0.25, 0.3) is 0 Å². The van der Waals surface area contributed by atoms with Gasteiger partial charge in [0.2, 0.25) is 0 Å². The van der Waals surface area contributed by atoms with Crippen LogP contribution >= 0.6 is 0 Å². The van der Waals surface area contributed by atoms with Gasteiger partial charge >= 0.3 is 0 Å². The molecule has 7 aromatic carbocycles. The van der Waals surface area contributed by atoms with E-state index >= 15 is 0 Å². The monoisotopic (exact) mass is 614 g/mol. The molecule has 9 aromatic rings. The smallest absolute Gasteiger partial charge is 0.0863 e. The highest BCUT2D eigenvalue weighted by molar-refractivity contribution is 6.24. The number of nitrogen functional groups attached to an aromatic ring is 1. The van der Waals surface area contributed by atoms with Crippen LogP contribution in [0.15, 0.2) is 163 Å². The number of hydrogen-bond acceptors (Lipinski definition) is 2. The van der Waals surface area contributed by atoms with Gasteiger partial charge in [-0.05, 0) is 70.8 Å². The first-order chi connectivity index (χ1) is 23.7. The lowest BCUT2D eigenvalue weighted by atomic mass is 9.98. The topological polar surface area (TPSA) is 48.2 Å². The van der Waals surface area contributed by atoms with E-state index in [1.807, 2.05) is 24.3 Å². The summed E-state index contributed by atoms with van der Waals surface area (Å²) in [4.78, 5) is 5.07. The predicted octanol–water partition coefficient (Wildman–Crippen LogP) is 10.9. The van der Waals surface area contributed by atoms with Gasteiger partial charge < -0.3 is 14.9 Å². The molecule has 10 rings (SSSR count). The lowest BCUT2D eigenvalue weighted by Gasteiger charge is -2.14. The largest absolute Gasteiger partial charge is 0.397 e. The van der Waals surface area contributed by atoms with E-state index in [0.29, 0.717) is 12.2 Å². The van der Waals surface area contributed by atoms with Crippen molar-refractivity contribution in [1.29, 1.82) is 0 Å². The van der Waals surface area contributed by atoms with Crippen molar-refractivity contribution < 1.29 is 0 Å². The lowest BCUT2D eigenvalue weighted by Crippen LogP contribution is -2.02. The van der Waals surface area contributed by atoms with Crippen molar-refractivity contribution >= 4 is 60.7 Å². The highest BCUT2D eigenvalue weighted by atomic mass is 15.0. The summed E-state index contributed by atoms with van der Waals surface area (Å²) in [6.45, 7) is 0.706. The molecule has 0 aliphatic carbocycles. The first-order valence-electron chi connectivity index (χ1n) is 16.4. The minimum absolute atomic E-state index is 0.694. The number of hydrogen-bond donors (Lipinski definition) is 1. The summed E-state index contributed by atoms with van der Waals surface area (Å²) in [7, 11) is 0. The maximum atomic E-state index is 6.30. The quantitative estimate of drug-likeness (QED) is 0.197. The Balaban J connectivity index is 1.25. The molecule has 0 amide bonds. The van der Waals surface area contributed by atoms with Gasteiger partial charge in [-0.1, -0.05) is 109 Å². The molecule has 48 heavy (non-hydrogen) atoms. The molecular weight excluding hydrogens is 585 g/mol. The van der Waals surface area contributed by atoms with E-state index in [4.69, 9.17) is 10.7 Å². The van der Waals surface area contributed by atoms with E-state index in [9.17, 15) is 0 Å². The van der Waals surface area contributed by atoms with Crippen molar-refractivity contribution in [3.8, 4) is 27.9 Å². The van der Waals surface area contributed by atoms with Crippen molar-refractivity contribution in [2.24, 2.45) is 4.99 Å². The van der Waals surface area contributed by atoms with Crippen LogP contribution < -0.4 is 5.73 Å². The number of anilines is 1. The molecule has 2 aromatic heterocycles. The molecule has 0 fully saturated rings. The summed E-state index contributed by atoms with van der Waals surface area (Å²) < 4.78 is 4.89. The molecule has 0 saturated heterocycles. The molecule has 0 bridgehead atoms. The third-order valence-corrected chi connectivity index (χ3v) is 9.88. The Kier molecular flexibility index (Phi) is 5.75. The minimum Gasteiger partial charge on any atom is -0.397 e.